The quantitative estimate of drug-likeness (QED) is 0.257. The van der Waals surface area contributed by atoms with E-state index in [1.54, 1.807) is 0 Å². The van der Waals surface area contributed by atoms with Crippen LogP contribution in [0.25, 0.3) is 0 Å². The van der Waals surface area contributed by atoms with E-state index >= 15 is 0 Å². The average Bonchev–Trinajstić information content (AvgIpc) is 2.96. The molecule has 0 amide bonds. The monoisotopic (exact) mass is 319 g/mol. The van der Waals surface area contributed by atoms with Crippen molar-refractivity contribution in [3.05, 3.63) is 11.6 Å². The van der Waals surface area contributed by atoms with Gasteiger partial charge >= 0.3 is 0 Å². The number of fused-ring (bicyclic) bond motifs is 2. The van der Waals surface area contributed by atoms with Crippen molar-refractivity contribution in [1.82, 2.24) is 5.32 Å². The number of hydrogen-bond donors (Lipinski definition) is 7. The summed E-state index contributed by atoms with van der Waals surface area (Å²) in [6.45, 7) is -0.287. The normalized spacial score (nSPS) is 51.7. The van der Waals surface area contributed by atoms with Gasteiger partial charge in [-0.15, -0.1) is 0 Å². The molecule has 3 rings (SSSR count). The van der Waals surface area contributed by atoms with Gasteiger partial charge in [-0.05, 0) is 5.57 Å². The van der Waals surface area contributed by atoms with Gasteiger partial charge in [-0.25, -0.2) is 0 Å². The summed E-state index contributed by atoms with van der Waals surface area (Å²) in [5.41, 5.74) is 0.169. The fourth-order valence-electron chi connectivity index (χ4n) is 3.17. The van der Waals surface area contributed by atoms with E-state index in [2.05, 4.69) is 5.32 Å². The molecule has 9 heteroatoms. The van der Waals surface area contributed by atoms with Gasteiger partial charge in [-0.3, -0.25) is 0 Å². The Morgan fingerprint density at radius 1 is 1.05 bits per heavy atom. The molecule has 9 nitrogen and oxygen atoms in total. The van der Waals surface area contributed by atoms with Gasteiger partial charge in [0.1, 0.15) is 36.6 Å². The molecule has 1 aliphatic carbocycles. The van der Waals surface area contributed by atoms with Crippen LogP contribution in [0.15, 0.2) is 11.6 Å². The highest BCUT2D eigenvalue weighted by Gasteiger charge is 2.51. The van der Waals surface area contributed by atoms with Crippen molar-refractivity contribution in [3.63, 3.8) is 0 Å². The van der Waals surface area contributed by atoms with Crippen LogP contribution < -0.4 is 5.32 Å². The van der Waals surface area contributed by atoms with E-state index in [0.717, 1.165) is 0 Å². The minimum absolute atomic E-state index is 0.169. The van der Waals surface area contributed by atoms with Gasteiger partial charge in [0.05, 0.1) is 25.3 Å². The second kappa shape index (κ2) is 6.11. The molecule has 0 aromatic heterocycles. The molecule has 2 bridgehead atoms. The van der Waals surface area contributed by atoms with Crippen LogP contribution in [0.1, 0.15) is 0 Å². The highest BCUT2D eigenvalue weighted by molar-refractivity contribution is 5.22. The van der Waals surface area contributed by atoms with Crippen LogP contribution in [0.4, 0.5) is 0 Å². The van der Waals surface area contributed by atoms with Gasteiger partial charge in [-0.2, -0.15) is 0 Å². The number of hydrogen-bond acceptors (Lipinski definition) is 9. The summed E-state index contributed by atoms with van der Waals surface area (Å²) in [6.07, 6.45) is -6.53. The van der Waals surface area contributed by atoms with Crippen LogP contribution in [0.3, 0.4) is 0 Å². The summed E-state index contributed by atoms with van der Waals surface area (Å²) in [5.74, 6) is 0. The maximum absolute atomic E-state index is 10.1. The number of rotatable bonds is 3. The Morgan fingerprint density at radius 2 is 1.77 bits per heavy atom. The van der Waals surface area contributed by atoms with E-state index in [0.29, 0.717) is 0 Å². The summed E-state index contributed by atoms with van der Waals surface area (Å²) in [7, 11) is 0. The van der Waals surface area contributed by atoms with Crippen LogP contribution >= 0.6 is 0 Å². The lowest BCUT2D eigenvalue weighted by molar-refractivity contribution is -0.204. The van der Waals surface area contributed by atoms with E-state index in [1.807, 2.05) is 0 Å². The Balaban J connectivity index is 1.78. The maximum atomic E-state index is 10.1. The van der Waals surface area contributed by atoms with Crippen molar-refractivity contribution in [2.45, 2.75) is 55.0 Å². The first-order chi connectivity index (χ1) is 10.4. The Labute approximate surface area is 126 Å². The van der Waals surface area contributed by atoms with Crippen molar-refractivity contribution in [2.75, 3.05) is 13.2 Å². The van der Waals surface area contributed by atoms with Crippen molar-refractivity contribution in [1.29, 1.82) is 0 Å². The third-order valence-corrected chi connectivity index (χ3v) is 4.51. The molecule has 2 fully saturated rings. The second-order valence-corrected chi connectivity index (χ2v) is 5.90. The zero-order chi connectivity index (χ0) is 16.0. The molecule has 0 aromatic carbocycles. The van der Waals surface area contributed by atoms with Gasteiger partial charge in [0.2, 0.25) is 0 Å². The molecular weight excluding hydrogens is 298 g/mol. The van der Waals surface area contributed by atoms with Gasteiger partial charge in [0, 0.05) is 0 Å². The van der Waals surface area contributed by atoms with Crippen molar-refractivity contribution >= 4 is 0 Å². The smallest absolute Gasteiger partial charge is 0.186 e. The lowest BCUT2D eigenvalue weighted by atomic mass is 9.86. The topological polar surface area (TPSA) is 152 Å². The zero-order valence-corrected chi connectivity index (χ0v) is 11.7. The van der Waals surface area contributed by atoms with E-state index in [9.17, 15) is 30.6 Å². The number of nitrogens with one attached hydrogen (secondary N) is 1. The lowest BCUT2D eigenvalue weighted by Gasteiger charge is -2.41. The van der Waals surface area contributed by atoms with Crippen molar-refractivity contribution in [2.24, 2.45) is 0 Å². The molecule has 126 valence electrons. The summed E-state index contributed by atoms with van der Waals surface area (Å²) in [4.78, 5) is 0. The highest BCUT2D eigenvalue weighted by atomic mass is 16.7. The molecule has 7 N–H and O–H groups in total. The maximum Gasteiger partial charge on any atom is 0.186 e. The third kappa shape index (κ3) is 2.58. The first-order valence-corrected chi connectivity index (χ1v) is 7.19. The fraction of sp³-hybridized carbons (Fsp3) is 0.846. The molecule has 0 saturated carbocycles. The summed E-state index contributed by atoms with van der Waals surface area (Å²) < 4.78 is 10.6. The van der Waals surface area contributed by atoms with Crippen LogP contribution in [0.5, 0.6) is 0 Å². The van der Waals surface area contributed by atoms with Crippen LogP contribution in [0.2, 0.25) is 0 Å². The van der Waals surface area contributed by atoms with Crippen molar-refractivity contribution < 1.29 is 40.1 Å². The van der Waals surface area contributed by atoms with E-state index in [1.165, 1.54) is 6.08 Å². The molecule has 2 unspecified atom stereocenters. The minimum Gasteiger partial charge on any atom is -0.392 e. The van der Waals surface area contributed by atoms with Gasteiger partial charge in [0.15, 0.2) is 6.29 Å². The number of ether oxygens (including phenoxy) is 2. The summed E-state index contributed by atoms with van der Waals surface area (Å²) in [5, 5.41) is 61.8. The van der Waals surface area contributed by atoms with Gasteiger partial charge in [-0.1, -0.05) is 6.08 Å². The minimum atomic E-state index is -1.47. The predicted molar refractivity (Wildman–Crippen MR) is 70.5 cm³/mol. The van der Waals surface area contributed by atoms with Crippen LogP contribution in [0, 0.1) is 0 Å². The van der Waals surface area contributed by atoms with Gasteiger partial charge in [0.25, 0.3) is 0 Å². The number of aliphatic hydroxyl groups is 6. The highest BCUT2D eigenvalue weighted by Crippen LogP contribution is 2.29. The Morgan fingerprint density at radius 3 is 2.45 bits per heavy atom. The van der Waals surface area contributed by atoms with E-state index in [-0.39, 0.29) is 12.2 Å². The second-order valence-electron chi connectivity index (χ2n) is 5.90. The SMILES string of the molecule is OCC1=C[C@@H](N[C@H]2C(O)[C@@H](O)[C@H]3OC[C@@H]2O3)[C@H](O)C(O)[C@@H]1O. The molecular formula is C13H21NO8. The standard InChI is InChI=1S/C13H21NO8/c15-2-4-1-5(9(17)11(19)8(4)16)14-7-6-3-21-13(22-6)12(20)10(7)18/h1,5-20H,2-3H2/t5-,6+,7-,8-,9+,10?,11?,12-,13+/m1/s1. The molecule has 9 atom stereocenters. The lowest BCUT2D eigenvalue weighted by Crippen LogP contribution is -2.65. The Kier molecular flexibility index (Phi) is 4.52. The van der Waals surface area contributed by atoms with E-state index < -0.39 is 61.6 Å². The third-order valence-electron chi connectivity index (χ3n) is 4.51. The molecule has 2 saturated heterocycles. The Bertz CT molecular complexity index is 446. The van der Waals surface area contributed by atoms with Crippen LogP contribution in [-0.4, -0.2) is 98.9 Å². The van der Waals surface area contributed by atoms with E-state index in [4.69, 9.17) is 9.47 Å². The molecule has 0 aromatic rings. The average molecular weight is 319 g/mol. The van der Waals surface area contributed by atoms with Crippen LogP contribution in [-0.2, 0) is 9.47 Å². The molecule has 0 radical (unpaired) electrons. The predicted octanol–water partition coefficient (Wildman–Crippen LogP) is -4.19. The van der Waals surface area contributed by atoms with Crippen molar-refractivity contribution in [3.8, 4) is 0 Å². The molecule has 2 heterocycles. The molecule has 22 heavy (non-hydrogen) atoms. The Hall–Kier alpha value is -0.620. The van der Waals surface area contributed by atoms with Gasteiger partial charge < -0.3 is 45.4 Å². The summed E-state index contributed by atoms with van der Waals surface area (Å²) in [6, 6.07) is -1.56. The zero-order valence-electron chi connectivity index (χ0n) is 11.7. The fourth-order valence-corrected chi connectivity index (χ4v) is 3.17. The largest absolute Gasteiger partial charge is 0.392 e. The molecule has 0 spiro atoms. The first kappa shape index (κ1) is 16.2. The molecule has 3 aliphatic rings. The summed E-state index contributed by atoms with van der Waals surface area (Å²) >= 11 is 0. The first-order valence-electron chi connectivity index (χ1n) is 7.19. The number of aliphatic hydroxyl groups excluding tert-OH is 6. The molecule has 2 aliphatic heterocycles.